The molecular weight excluding hydrogens is 246 g/mol. The van der Waals surface area contributed by atoms with Gasteiger partial charge in [-0.15, -0.1) is 0 Å². The van der Waals surface area contributed by atoms with Crippen LogP contribution in [-0.4, -0.2) is 6.54 Å². The van der Waals surface area contributed by atoms with E-state index in [9.17, 15) is 0 Å². The smallest absolute Gasteiger partial charge is 0.129 e. The van der Waals surface area contributed by atoms with Crippen LogP contribution >= 0.6 is 0 Å². The van der Waals surface area contributed by atoms with E-state index in [4.69, 9.17) is 4.74 Å². The standard InChI is InChI=1S/C18H23NO/c1-18(2,3)12-13-19-15-8-7-11-17(14-15)20-16-9-5-4-6-10-16/h4-11,14,19H,12-13H2,1-3H3. The van der Waals surface area contributed by atoms with Crippen LogP contribution in [-0.2, 0) is 0 Å². The third-order valence-electron chi connectivity index (χ3n) is 3.02. The minimum absolute atomic E-state index is 0.352. The molecule has 2 heteroatoms. The van der Waals surface area contributed by atoms with E-state index in [0.29, 0.717) is 5.41 Å². The summed E-state index contributed by atoms with van der Waals surface area (Å²) in [5.41, 5.74) is 1.45. The zero-order valence-corrected chi connectivity index (χ0v) is 12.5. The lowest BCUT2D eigenvalue weighted by Crippen LogP contribution is -2.12. The van der Waals surface area contributed by atoms with Crippen molar-refractivity contribution in [2.24, 2.45) is 5.41 Å². The van der Waals surface area contributed by atoms with Crippen molar-refractivity contribution in [1.29, 1.82) is 0 Å². The van der Waals surface area contributed by atoms with Crippen LogP contribution in [0.15, 0.2) is 54.6 Å². The molecule has 1 N–H and O–H groups in total. The highest BCUT2D eigenvalue weighted by molar-refractivity contribution is 5.49. The first-order valence-corrected chi connectivity index (χ1v) is 7.10. The Kier molecular flexibility index (Phi) is 4.67. The van der Waals surface area contributed by atoms with Gasteiger partial charge in [0.15, 0.2) is 0 Å². The van der Waals surface area contributed by atoms with Crippen molar-refractivity contribution in [2.75, 3.05) is 11.9 Å². The Morgan fingerprint density at radius 1 is 0.900 bits per heavy atom. The molecule has 0 atom stereocenters. The topological polar surface area (TPSA) is 21.3 Å². The van der Waals surface area contributed by atoms with Gasteiger partial charge in [-0.3, -0.25) is 0 Å². The van der Waals surface area contributed by atoms with E-state index >= 15 is 0 Å². The van der Waals surface area contributed by atoms with Crippen LogP contribution in [0.3, 0.4) is 0 Å². The Labute approximate surface area is 121 Å². The number of hydrogen-bond acceptors (Lipinski definition) is 2. The molecular formula is C18H23NO. The molecule has 0 saturated heterocycles. The lowest BCUT2D eigenvalue weighted by molar-refractivity contribution is 0.390. The number of hydrogen-bond donors (Lipinski definition) is 1. The molecule has 0 amide bonds. The first-order valence-electron chi connectivity index (χ1n) is 7.10. The van der Waals surface area contributed by atoms with Crippen molar-refractivity contribution < 1.29 is 4.74 Å². The van der Waals surface area contributed by atoms with Crippen LogP contribution in [0.5, 0.6) is 11.5 Å². The average Bonchev–Trinajstić information content (AvgIpc) is 2.39. The van der Waals surface area contributed by atoms with Crippen molar-refractivity contribution >= 4 is 5.69 Å². The highest BCUT2D eigenvalue weighted by Gasteiger charge is 2.09. The largest absolute Gasteiger partial charge is 0.457 e. The molecule has 0 aliphatic heterocycles. The van der Waals surface area contributed by atoms with E-state index in [0.717, 1.165) is 30.2 Å². The molecule has 0 heterocycles. The number of benzene rings is 2. The summed E-state index contributed by atoms with van der Waals surface area (Å²) in [6, 6.07) is 17.9. The Hall–Kier alpha value is -1.96. The Balaban J connectivity index is 1.94. The SMILES string of the molecule is CC(C)(C)CCNc1cccc(Oc2ccccc2)c1. The maximum atomic E-state index is 5.83. The third-order valence-corrected chi connectivity index (χ3v) is 3.02. The van der Waals surface area contributed by atoms with Crippen molar-refractivity contribution in [3.63, 3.8) is 0 Å². The maximum Gasteiger partial charge on any atom is 0.129 e. The molecule has 2 nitrogen and oxygen atoms in total. The number of ether oxygens (including phenoxy) is 1. The van der Waals surface area contributed by atoms with E-state index in [2.05, 4.69) is 32.2 Å². The molecule has 0 spiro atoms. The number of para-hydroxylation sites is 1. The molecule has 0 aliphatic carbocycles. The first kappa shape index (κ1) is 14.4. The summed E-state index contributed by atoms with van der Waals surface area (Å²) in [4.78, 5) is 0. The molecule has 0 aliphatic rings. The monoisotopic (exact) mass is 269 g/mol. The third kappa shape index (κ3) is 4.96. The molecule has 0 unspecified atom stereocenters. The zero-order chi connectivity index (χ0) is 14.4. The predicted molar refractivity (Wildman–Crippen MR) is 85.5 cm³/mol. The Morgan fingerprint density at radius 3 is 2.30 bits per heavy atom. The minimum Gasteiger partial charge on any atom is -0.457 e. The van der Waals surface area contributed by atoms with Gasteiger partial charge in [0.1, 0.15) is 11.5 Å². The molecule has 0 bridgehead atoms. The Morgan fingerprint density at radius 2 is 1.60 bits per heavy atom. The van der Waals surface area contributed by atoms with Gasteiger partial charge in [0, 0.05) is 18.3 Å². The van der Waals surface area contributed by atoms with Crippen molar-refractivity contribution in [3.05, 3.63) is 54.6 Å². The quantitative estimate of drug-likeness (QED) is 0.792. The van der Waals surface area contributed by atoms with Crippen LogP contribution in [0, 0.1) is 5.41 Å². The molecule has 106 valence electrons. The van der Waals surface area contributed by atoms with Gasteiger partial charge >= 0.3 is 0 Å². The lowest BCUT2D eigenvalue weighted by atomic mass is 9.92. The van der Waals surface area contributed by atoms with Crippen molar-refractivity contribution in [2.45, 2.75) is 27.2 Å². The fourth-order valence-electron chi connectivity index (χ4n) is 1.88. The average molecular weight is 269 g/mol. The molecule has 2 rings (SSSR count). The van der Waals surface area contributed by atoms with Gasteiger partial charge in [-0.05, 0) is 36.1 Å². The van der Waals surface area contributed by atoms with Gasteiger partial charge in [0.2, 0.25) is 0 Å². The highest BCUT2D eigenvalue weighted by Crippen LogP contribution is 2.24. The van der Waals surface area contributed by atoms with Crippen LogP contribution in [0.2, 0.25) is 0 Å². The zero-order valence-electron chi connectivity index (χ0n) is 12.5. The van der Waals surface area contributed by atoms with Crippen molar-refractivity contribution in [1.82, 2.24) is 0 Å². The van der Waals surface area contributed by atoms with Crippen LogP contribution in [0.4, 0.5) is 5.69 Å². The highest BCUT2D eigenvalue weighted by atomic mass is 16.5. The summed E-state index contributed by atoms with van der Waals surface area (Å²) in [5, 5.41) is 3.45. The van der Waals surface area contributed by atoms with E-state index < -0.39 is 0 Å². The van der Waals surface area contributed by atoms with Gasteiger partial charge in [-0.2, -0.15) is 0 Å². The first-order chi connectivity index (χ1) is 9.53. The molecule has 0 aromatic heterocycles. The van der Waals surface area contributed by atoms with Crippen molar-refractivity contribution in [3.8, 4) is 11.5 Å². The Bertz CT molecular complexity index is 529. The lowest BCUT2D eigenvalue weighted by Gasteiger charge is -2.18. The second-order valence-electron chi connectivity index (χ2n) is 6.18. The van der Waals surface area contributed by atoms with E-state index in [1.54, 1.807) is 0 Å². The second kappa shape index (κ2) is 6.47. The molecule has 2 aromatic carbocycles. The molecule has 2 aromatic rings. The van der Waals surface area contributed by atoms with Gasteiger partial charge in [0.25, 0.3) is 0 Å². The number of nitrogens with one attached hydrogen (secondary N) is 1. The van der Waals surface area contributed by atoms with Crippen LogP contribution in [0.25, 0.3) is 0 Å². The van der Waals surface area contributed by atoms with Gasteiger partial charge < -0.3 is 10.1 Å². The number of rotatable bonds is 5. The molecule has 0 saturated carbocycles. The molecule has 0 radical (unpaired) electrons. The maximum absolute atomic E-state index is 5.83. The van der Waals surface area contributed by atoms with Crippen LogP contribution in [0.1, 0.15) is 27.2 Å². The predicted octanol–water partition coefficient (Wildman–Crippen LogP) is 5.33. The summed E-state index contributed by atoms with van der Waals surface area (Å²) in [5.74, 6) is 1.72. The fourth-order valence-corrected chi connectivity index (χ4v) is 1.88. The fraction of sp³-hybridized carbons (Fsp3) is 0.333. The van der Waals surface area contributed by atoms with Gasteiger partial charge in [-0.1, -0.05) is 45.0 Å². The molecule has 20 heavy (non-hydrogen) atoms. The van der Waals surface area contributed by atoms with Gasteiger partial charge in [-0.25, -0.2) is 0 Å². The summed E-state index contributed by atoms with van der Waals surface area (Å²) < 4.78 is 5.83. The summed E-state index contributed by atoms with van der Waals surface area (Å²) >= 11 is 0. The normalized spacial score (nSPS) is 11.2. The molecule has 0 fully saturated rings. The van der Waals surface area contributed by atoms with Crippen LogP contribution < -0.4 is 10.1 Å². The van der Waals surface area contributed by atoms with E-state index in [1.165, 1.54) is 0 Å². The minimum atomic E-state index is 0.352. The summed E-state index contributed by atoms with van der Waals surface area (Å²) in [6.45, 7) is 7.73. The number of anilines is 1. The van der Waals surface area contributed by atoms with Gasteiger partial charge in [0.05, 0.1) is 0 Å². The van der Waals surface area contributed by atoms with E-state index in [1.807, 2.05) is 48.5 Å². The second-order valence-corrected chi connectivity index (χ2v) is 6.18. The summed E-state index contributed by atoms with van der Waals surface area (Å²) in [6.07, 6.45) is 1.14. The van der Waals surface area contributed by atoms with E-state index in [-0.39, 0.29) is 0 Å². The summed E-state index contributed by atoms with van der Waals surface area (Å²) in [7, 11) is 0.